The maximum absolute atomic E-state index is 10.8. The van der Waals surface area contributed by atoms with Crippen molar-refractivity contribution in [2.45, 2.75) is 6.42 Å². The molecule has 1 aromatic rings. The topological polar surface area (TPSA) is 48.4 Å². The zero-order chi connectivity index (χ0) is 9.68. The maximum atomic E-state index is 10.8. The summed E-state index contributed by atoms with van der Waals surface area (Å²) in [6, 6.07) is 3.27. The van der Waals surface area contributed by atoms with Crippen LogP contribution in [0.15, 0.2) is 18.3 Å². The number of carbonyl (C=O) groups is 1. The minimum Gasteiger partial charge on any atom is -0.469 e. The molecule has 13 heavy (non-hydrogen) atoms. The lowest BCUT2D eigenvalue weighted by atomic mass is 10.2. The van der Waals surface area contributed by atoms with Crippen molar-refractivity contribution in [2.24, 2.45) is 0 Å². The van der Waals surface area contributed by atoms with Gasteiger partial charge >= 0.3 is 5.97 Å². The van der Waals surface area contributed by atoms with Crippen molar-refractivity contribution in [3.63, 3.8) is 0 Å². The van der Waals surface area contributed by atoms with E-state index in [1.807, 2.05) is 0 Å². The van der Waals surface area contributed by atoms with E-state index in [4.69, 9.17) is 11.9 Å². The fourth-order valence-electron chi connectivity index (χ4n) is 0.800. The Balaban J connectivity index is 2.64. The summed E-state index contributed by atoms with van der Waals surface area (Å²) < 4.78 is 8.83. The highest BCUT2D eigenvalue weighted by Gasteiger charge is 2.03. The molecule has 0 aliphatic heterocycles. The smallest absolute Gasteiger partial charge is 0.310 e. The first-order valence-electron chi connectivity index (χ1n) is 3.56. The van der Waals surface area contributed by atoms with Gasteiger partial charge in [0.05, 0.1) is 13.5 Å². The molecule has 0 bridgehead atoms. The van der Waals surface area contributed by atoms with Crippen molar-refractivity contribution < 1.29 is 13.8 Å². The number of carbonyl (C=O) groups excluding carboxylic acids is 1. The van der Waals surface area contributed by atoms with Gasteiger partial charge in [0, 0.05) is 12.3 Å². The van der Waals surface area contributed by atoms with Crippen LogP contribution >= 0.6 is 11.9 Å². The number of nitrogens with zero attached hydrogens (tertiary/aromatic N) is 1. The van der Waals surface area contributed by atoms with Gasteiger partial charge in [0.2, 0.25) is 5.88 Å². The quantitative estimate of drug-likeness (QED) is 0.693. The number of rotatable bonds is 3. The Hall–Kier alpha value is -1.29. The summed E-state index contributed by atoms with van der Waals surface area (Å²) in [5, 5.41) is 0. The van der Waals surface area contributed by atoms with Gasteiger partial charge in [0.1, 0.15) is 11.9 Å². The van der Waals surface area contributed by atoms with Crippen molar-refractivity contribution in [3.05, 3.63) is 23.9 Å². The molecule has 0 saturated heterocycles. The Morgan fingerprint density at radius 1 is 1.62 bits per heavy atom. The van der Waals surface area contributed by atoms with Crippen molar-refractivity contribution in [3.8, 4) is 5.88 Å². The van der Waals surface area contributed by atoms with E-state index in [0.29, 0.717) is 5.88 Å². The zero-order valence-corrected chi connectivity index (χ0v) is 7.75. The summed E-state index contributed by atoms with van der Waals surface area (Å²) >= 11 is 5.06. The average molecular weight is 202 g/mol. The molecule has 4 nitrogen and oxygen atoms in total. The lowest BCUT2D eigenvalue weighted by molar-refractivity contribution is -0.139. The van der Waals surface area contributed by atoms with Crippen LogP contribution in [0.1, 0.15) is 5.56 Å². The highest BCUT2D eigenvalue weighted by molar-refractivity contribution is 6.08. The molecule has 0 aromatic carbocycles. The first kappa shape index (κ1) is 9.80. The van der Waals surface area contributed by atoms with Crippen LogP contribution in [0.5, 0.6) is 5.88 Å². The van der Waals surface area contributed by atoms with Crippen LogP contribution in [0.4, 0.5) is 0 Å². The summed E-state index contributed by atoms with van der Waals surface area (Å²) in [5.41, 5.74) is 0.754. The minimum absolute atomic E-state index is 0.200. The van der Waals surface area contributed by atoms with Gasteiger partial charge < -0.3 is 9.03 Å². The molecule has 0 fully saturated rings. The Labute approximate surface area is 80.6 Å². The van der Waals surface area contributed by atoms with Crippen LogP contribution < -0.4 is 4.29 Å². The van der Waals surface area contributed by atoms with Gasteiger partial charge in [-0.25, -0.2) is 4.98 Å². The van der Waals surface area contributed by atoms with Crippen LogP contribution in [0, 0.1) is 0 Å². The third-order valence-corrected chi connectivity index (χ3v) is 1.61. The van der Waals surface area contributed by atoms with E-state index in [9.17, 15) is 4.79 Å². The van der Waals surface area contributed by atoms with E-state index >= 15 is 0 Å². The van der Waals surface area contributed by atoms with Gasteiger partial charge in [0.25, 0.3) is 0 Å². The zero-order valence-electron chi connectivity index (χ0n) is 6.99. The second-order valence-corrected chi connectivity index (χ2v) is 2.49. The lowest BCUT2D eigenvalue weighted by Gasteiger charge is -1.99. The van der Waals surface area contributed by atoms with Crippen LogP contribution in [0.3, 0.4) is 0 Å². The van der Waals surface area contributed by atoms with Crippen molar-refractivity contribution in [1.29, 1.82) is 0 Å². The van der Waals surface area contributed by atoms with E-state index < -0.39 is 0 Å². The van der Waals surface area contributed by atoms with Crippen LogP contribution in [-0.2, 0) is 16.0 Å². The predicted molar refractivity (Wildman–Crippen MR) is 46.4 cm³/mol. The number of esters is 1. The molecular formula is C8H8ClNO3. The molecule has 0 spiro atoms. The standard InChI is InChI=1S/C8H8ClNO3/c1-12-8(11)4-6-2-3-7(13-9)10-5-6/h2-3,5H,4H2,1H3. The Kier molecular flexibility index (Phi) is 3.52. The number of hydrogen-bond donors (Lipinski definition) is 0. The molecule has 0 aliphatic carbocycles. The summed E-state index contributed by atoms with van der Waals surface area (Å²) in [4.78, 5) is 14.7. The van der Waals surface area contributed by atoms with E-state index in [1.165, 1.54) is 13.3 Å². The summed E-state index contributed by atoms with van der Waals surface area (Å²) in [7, 11) is 1.34. The number of ether oxygens (including phenoxy) is 1. The van der Waals surface area contributed by atoms with Gasteiger partial charge in [-0.05, 0) is 5.56 Å². The van der Waals surface area contributed by atoms with Gasteiger partial charge in [0.15, 0.2) is 0 Å². The first-order valence-corrected chi connectivity index (χ1v) is 3.87. The molecular weight excluding hydrogens is 194 g/mol. The van der Waals surface area contributed by atoms with Crippen LogP contribution in [0.2, 0.25) is 0 Å². The second kappa shape index (κ2) is 4.67. The molecule has 0 atom stereocenters. The van der Waals surface area contributed by atoms with Gasteiger partial charge in [-0.1, -0.05) is 6.07 Å². The van der Waals surface area contributed by atoms with Gasteiger partial charge in [-0.15, -0.1) is 0 Å². The minimum atomic E-state index is -0.304. The van der Waals surface area contributed by atoms with Gasteiger partial charge in [-0.2, -0.15) is 0 Å². The Morgan fingerprint density at radius 3 is 2.85 bits per heavy atom. The second-order valence-electron chi connectivity index (χ2n) is 2.33. The molecule has 70 valence electrons. The van der Waals surface area contributed by atoms with E-state index in [0.717, 1.165) is 5.56 Å². The molecule has 0 radical (unpaired) electrons. The SMILES string of the molecule is COC(=O)Cc1ccc(OCl)nc1. The van der Waals surface area contributed by atoms with Crippen molar-refractivity contribution >= 4 is 17.8 Å². The van der Waals surface area contributed by atoms with Crippen molar-refractivity contribution in [1.82, 2.24) is 4.98 Å². The van der Waals surface area contributed by atoms with E-state index in [-0.39, 0.29) is 12.4 Å². The predicted octanol–water partition coefficient (Wildman–Crippen LogP) is 1.33. The number of hydrogen-bond acceptors (Lipinski definition) is 4. The number of aromatic nitrogens is 1. The molecule has 1 rings (SSSR count). The Bertz CT molecular complexity index is 286. The molecule has 5 heteroatoms. The molecule has 1 aromatic heterocycles. The fraction of sp³-hybridized carbons (Fsp3) is 0.250. The normalized spacial score (nSPS) is 9.38. The van der Waals surface area contributed by atoms with E-state index in [1.54, 1.807) is 12.1 Å². The number of pyridine rings is 1. The third kappa shape index (κ3) is 2.91. The average Bonchev–Trinajstić information content (AvgIpc) is 2.19. The summed E-state index contributed by atoms with van der Waals surface area (Å²) in [5.74, 6) is -0.00313. The summed E-state index contributed by atoms with van der Waals surface area (Å²) in [6.07, 6.45) is 1.71. The Morgan fingerprint density at radius 2 is 2.38 bits per heavy atom. The molecule has 0 unspecified atom stereocenters. The molecule has 0 saturated carbocycles. The van der Waals surface area contributed by atoms with Crippen LogP contribution in [0.25, 0.3) is 0 Å². The fourth-order valence-corrected chi connectivity index (χ4v) is 0.891. The van der Waals surface area contributed by atoms with Gasteiger partial charge in [-0.3, -0.25) is 4.79 Å². The lowest BCUT2D eigenvalue weighted by Crippen LogP contribution is -2.04. The first-order chi connectivity index (χ1) is 6.26. The largest absolute Gasteiger partial charge is 0.469 e. The molecule has 0 N–H and O–H groups in total. The highest BCUT2D eigenvalue weighted by atomic mass is 35.5. The number of methoxy groups -OCH3 is 1. The monoisotopic (exact) mass is 201 g/mol. The number of halogens is 1. The molecule has 1 heterocycles. The highest BCUT2D eigenvalue weighted by Crippen LogP contribution is 2.09. The van der Waals surface area contributed by atoms with E-state index in [2.05, 4.69) is 14.0 Å². The maximum Gasteiger partial charge on any atom is 0.310 e. The molecule has 0 aliphatic rings. The third-order valence-electron chi connectivity index (χ3n) is 1.45. The van der Waals surface area contributed by atoms with Crippen LogP contribution in [-0.4, -0.2) is 18.1 Å². The molecule has 0 amide bonds. The van der Waals surface area contributed by atoms with Crippen molar-refractivity contribution in [2.75, 3.05) is 7.11 Å². The summed E-state index contributed by atoms with van der Waals surface area (Å²) in [6.45, 7) is 0.